The van der Waals surface area contributed by atoms with E-state index in [1.807, 2.05) is 19.1 Å². The Morgan fingerprint density at radius 1 is 1.07 bits per heavy atom. The molecule has 1 aromatic heterocycles. The fraction of sp³-hybridized carbons (Fsp3) is 0.182. The van der Waals surface area contributed by atoms with Crippen molar-refractivity contribution >= 4 is 40.9 Å². The van der Waals surface area contributed by atoms with Crippen molar-refractivity contribution in [3.63, 3.8) is 0 Å². The van der Waals surface area contributed by atoms with Gasteiger partial charge in [0.15, 0.2) is 0 Å². The highest BCUT2D eigenvalue weighted by molar-refractivity contribution is 8.00. The fourth-order valence-corrected chi connectivity index (χ4v) is 3.76. The van der Waals surface area contributed by atoms with E-state index in [1.54, 1.807) is 54.8 Å². The Morgan fingerprint density at radius 3 is 2.52 bits per heavy atom. The van der Waals surface area contributed by atoms with Gasteiger partial charge in [0, 0.05) is 9.92 Å². The van der Waals surface area contributed by atoms with Gasteiger partial charge in [0.05, 0.1) is 29.3 Å². The second-order valence-corrected chi connectivity index (χ2v) is 7.98. The van der Waals surface area contributed by atoms with Gasteiger partial charge in [0.1, 0.15) is 5.76 Å². The van der Waals surface area contributed by atoms with Gasteiger partial charge in [-0.25, -0.2) is 0 Å². The minimum Gasteiger partial charge on any atom is -0.467 e. The Hall–Kier alpha value is -2.70. The summed E-state index contributed by atoms with van der Waals surface area (Å²) >= 11 is 7.39. The van der Waals surface area contributed by atoms with Gasteiger partial charge < -0.3 is 15.1 Å². The smallest absolute Gasteiger partial charge is 0.253 e. The van der Waals surface area contributed by atoms with Crippen molar-refractivity contribution in [2.45, 2.75) is 30.0 Å². The quantitative estimate of drug-likeness (QED) is 0.473. The number of nitrogens with one attached hydrogen (secondary N) is 2. The van der Waals surface area contributed by atoms with Gasteiger partial charge >= 0.3 is 0 Å². The zero-order chi connectivity index (χ0) is 20.6. The molecule has 0 aliphatic rings. The first-order chi connectivity index (χ1) is 14.1. The van der Waals surface area contributed by atoms with E-state index in [4.69, 9.17) is 16.0 Å². The van der Waals surface area contributed by atoms with E-state index in [-0.39, 0.29) is 23.6 Å². The van der Waals surface area contributed by atoms with Crippen molar-refractivity contribution in [3.05, 3.63) is 83.3 Å². The molecule has 0 bridgehead atoms. The van der Waals surface area contributed by atoms with Gasteiger partial charge in [-0.15, -0.1) is 11.8 Å². The second kappa shape index (κ2) is 10.2. The summed E-state index contributed by atoms with van der Waals surface area (Å²) < 4.78 is 5.23. The number of halogens is 1. The second-order valence-electron chi connectivity index (χ2n) is 6.27. The van der Waals surface area contributed by atoms with E-state index in [1.165, 1.54) is 11.8 Å². The van der Waals surface area contributed by atoms with Crippen molar-refractivity contribution in [2.75, 3.05) is 5.32 Å². The van der Waals surface area contributed by atoms with E-state index >= 15 is 0 Å². The third kappa shape index (κ3) is 5.89. The molecule has 7 heteroatoms. The van der Waals surface area contributed by atoms with Crippen molar-refractivity contribution in [2.24, 2.45) is 0 Å². The molecule has 0 unspecified atom stereocenters. The predicted molar refractivity (Wildman–Crippen MR) is 116 cm³/mol. The van der Waals surface area contributed by atoms with Crippen LogP contribution in [0.4, 0.5) is 5.69 Å². The van der Waals surface area contributed by atoms with E-state index in [0.717, 1.165) is 4.90 Å². The molecule has 0 radical (unpaired) electrons. The van der Waals surface area contributed by atoms with Crippen molar-refractivity contribution in [1.82, 2.24) is 5.32 Å². The van der Waals surface area contributed by atoms with Gasteiger partial charge in [-0.2, -0.15) is 0 Å². The summed E-state index contributed by atoms with van der Waals surface area (Å²) in [6.07, 6.45) is 2.20. The summed E-state index contributed by atoms with van der Waals surface area (Å²) in [5.74, 6) is 0.222. The first-order valence-electron chi connectivity index (χ1n) is 9.19. The zero-order valence-corrected chi connectivity index (χ0v) is 17.4. The molecule has 0 saturated heterocycles. The first-order valence-corrected chi connectivity index (χ1v) is 10.4. The minimum atomic E-state index is -0.296. The van der Waals surface area contributed by atoms with Crippen LogP contribution in [0.5, 0.6) is 0 Å². The number of hydrogen-bond donors (Lipinski definition) is 2. The molecule has 5 nitrogen and oxygen atoms in total. The maximum Gasteiger partial charge on any atom is 0.253 e. The normalized spacial score (nSPS) is 11.7. The molecule has 3 rings (SSSR count). The van der Waals surface area contributed by atoms with E-state index in [9.17, 15) is 9.59 Å². The van der Waals surface area contributed by atoms with Gasteiger partial charge in [-0.3, -0.25) is 9.59 Å². The minimum absolute atomic E-state index is 0.154. The van der Waals surface area contributed by atoms with Crippen LogP contribution < -0.4 is 10.6 Å². The lowest BCUT2D eigenvalue weighted by atomic mass is 10.1. The Balaban J connectivity index is 1.67. The number of carbonyl (C=O) groups excluding carboxylic acids is 2. The summed E-state index contributed by atoms with van der Waals surface area (Å²) in [5, 5.41) is 6.06. The molecule has 2 N–H and O–H groups in total. The fourth-order valence-electron chi connectivity index (χ4n) is 2.68. The monoisotopic (exact) mass is 428 g/mol. The SMILES string of the molecule is CC[C@@H](Sc1ccc(Cl)cc1)C(=O)Nc1ccccc1C(=O)NCc1ccco1. The highest BCUT2D eigenvalue weighted by Crippen LogP contribution is 2.28. The highest BCUT2D eigenvalue weighted by Gasteiger charge is 2.20. The van der Waals surface area contributed by atoms with Gasteiger partial charge in [0.2, 0.25) is 5.91 Å². The zero-order valence-electron chi connectivity index (χ0n) is 15.9. The maximum atomic E-state index is 12.8. The third-order valence-electron chi connectivity index (χ3n) is 4.19. The molecule has 29 heavy (non-hydrogen) atoms. The van der Waals surface area contributed by atoms with Crippen LogP contribution in [0, 0.1) is 0 Å². The topological polar surface area (TPSA) is 71.3 Å². The molecule has 1 atom stereocenters. The Morgan fingerprint density at radius 2 is 1.83 bits per heavy atom. The Labute approximate surface area is 178 Å². The molecule has 0 aliphatic carbocycles. The van der Waals surface area contributed by atoms with Crippen molar-refractivity contribution in [3.8, 4) is 0 Å². The maximum absolute atomic E-state index is 12.8. The lowest BCUT2D eigenvalue weighted by Crippen LogP contribution is -2.28. The van der Waals surface area contributed by atoms with Crippen LogP contribution in [0.1, 0.15) is 29.5 Å². The van der Waals surface area contributed by atoms with Crippen LogP contribution in [0.2, 0.25) is 5.02 Å². The number of carbonyl (C=O) groups is 2. The predicted octanol–water partition coefficient (Wildman–Crippen LogP) is 5.37. The average molecular weight is 429 g/mol. The van der Waals surface area contributed by atoms with E-state index in [2.05, 4.69) is 10.6 Å². The molecule has 0 saturated carbocycles. The molecule has 0 aliphatic heterocycles. The van der Waals surface area contributed by atoms with Crippen LogP contribution in [0.15, 0.2) is 76.2 Å². The Kier molecular flexibility index (Phi) is 7.38. The largest absolute Gasteiger partial charge is 0.467 e. The number of para-hydroxylation sites is 1. The number of furan rings is 1. The number of anilines is 1. The molecule has 3 aromatic rings. The summed E-state index contributed by atoms with van der Waals surface area (Å²) in [6, 6.07) is 17.9. The lowest BCUT2D eigenvalue weighted by Gasteiger charge is -2.16. The molecular weight excluding hydrogens is 408 g/mol. The molecule has 2 aromatic carbocycles. The molecule has 0 fully saturated rings. The number of hydrogen-bond acceptors (Lipinski definition) is 4. The average Bonchev–Trinajstić information content (AvgIpc) is 3.25. The summed E-state index contributed by atoms with van der Waals surface area (Å²) in [7, 11) is 0. The summed E-state index contributed by atoms with van der Waals surface area (Å²) in [6.45, 7) is 2.23. The molecular formula is C22H21ClN2O3S. The van der Waals surface area contributed by atoms with E-state index in [0.29, 0.717) is 28.5 Å². The number of amides is 2. The van der Waals surface area contributed by atoms with Crippen molar-refractivity contribution < 1.29 is 14.0 Å². The lowest BCUT2D eigenvalue weighted by molar-refractivity contribution is -0.115. The summed E-state index contributed by atoms with van der Waals surface area (Å²) in [4.78, 5) is 26.4. The van der Waals surface area contributed by atoms with Crippen LogP contribution >= 0.6 is 23.4 Å². The number of rotatable bonds is 8. The Bertz CT molecular complexity index is 958. The molecule has 2 amide bonds. The van der Waals surface area contributed by atoms with Crippen molar-refractivity contribution in [1.29, 1.82) is 0 Å². The van der Waals surface area contributed by atoms with Crippen LogP contribution in [0.25, 0.3) is 0 Å². The first kappa shape index (κ1) is 21.0. The van der Waals surface area contributed by atoms with Crippen LogP contribution in [0.3, 0.4) is 0 Å². The molecule has 0 spiro atoms. The van der Waals surface area contributed by atoms with Crippen LogP contribution in [-0.4, -0.2) is 17.1 Å². The summed E-state index contributed by atoms with van der Waals surface area (Å²) in [5.41, 5.74) is 0.878. The molecule has 150 valence electrons. The third-order valence-corrected chi connectivity index (χ3v) is 5.82. The van der Waals surface area contributed by atoms with Gasteiger partial charge in [-0.05, 0) is 55.0 Å². The number of thioether (sulfide) groups is 1. The van der Waals surface area contributed by atoms with E-state index < -0.39 is 0 Å². The van der Waals surface area contributed by atoms with Gasteiger partial charge in [-0.1, -0.05) is 30.7 Å². The molecule has 1 heterocycles. The number of benzene rings is 2. The standard InChI is InChI=1S/C22H21ClN2O3S/c1-2-20(29-17-11-9-15(23)10-12-17)22(27)25-19-8-4-3-7-18(19)21(26)24-14-16-6-5-13-28-16/h3-13,20H,2,14H2,1H3,(H,24,26)(H,25,27)/t20-/m1/s1. The highest BCUT2D eigenvalue weighted by atomic mass is 35.5. The van der Waals surface area contributed by atoms with Crippen LogP contribution in [-0.2, 0) is 11.3 Å². The van der Waals surface area contributed by atoms with Gasteiger partial charge in [0.25, 0.3) is 5.91 Å².